The number of aliphatic imine (C=N–C) groups is 1. The molecule has 1 aromatic carbocycles. The Balaban J connectivity index is 2.16. The molecule has 4 nitrogen and oxygen atoms in total. The minimum Gasteiger partial charge on any atom is -0.710 e. The molecule has 1 aromatic heterocycles. The van der Waals surface area contributed by atoms with Crippen LogP contribution in [-0.4, -0.2) is 19.3 Å². The van der Waals surface area contributed by atoms with E-state index in [0.29, 0.717) is 5.82 Å². The average molecular weight is 283 g/mol. The molecule has 0 aliphatic rings. The molecule has 0 saturated carbocycles. The standard InChI is InChI=1S/C17H21N3O/c1-4-19(5-2)16-8-6-15(7-9-16)13-18-17-12-14(3)10-11-20(17)21/h6-13H,4-5H2,1-3H3. The van der Waals surface area contributed by atoms with Crippen molar-refractivity contribution in [3.05, 3.63) is 58.9 Å². The van der Waals surface area contributed by atoms with Crippen LogP contribution in [0.25, 0.3) is 0 Å². The zero-order chi connectivity index (χ0) is 15.2. The molecule has 2 aromatic rings. The van der Waals surface area contributed by atoms with Crippen LogP contribution >= 0.6 is 0 Å². The number of anilines is 1. The highest BCUT2D eigenvalue weighted by Crippen LogP contribution is 2.14. The molecule has 4 heteroatoms. The Hall–Kier alpha value is -2.36. The van der Waals surface area contributed by atoms with Crippen molar-refractivity contribution in [1.29, 1.82) is 0 Å². The largest absolute Gasteiger partial charge is 0.710 e. The molecule has 1 heterocycles. The number of nitrogens with zero attached hydrogens (tertiary/aromatic N) is 3. The summed E-state index contributed by atoms with van der Waals surface area (Å²) in [7, 11) is 0. The molecule has 0 saturated heterocycles. The Morgan fingerprint density at radius 3 is 2.43 bits per heavy atom. The maximum atomic E-state index is 11.6. The number of benzene rings is 1. The Bertz CT molecular complexity index is 616. The van der Waals surface area contributed by atoms with E-state index in [4.69, 9.17) is 0 Å². The zero-order valence-electron chi connectivity index (χ0n) is 12.8. The number of aromatic nitrogens is 1. The third-order valence-electron chi connectivity index (χ3n) is 3.42. The highest BCUT2D eigenvalue weighted by molar-refractivity contribution is 5.82. The Morgan fingerprint density at radius 1 is 1.14 bits per heavy atom. The highest BCUT2D eigenvalue weighted by atomic mass is 16.5. The van der Waals surface area contributed by atoms with Gasteiger partial charge in [-0.1, -0.05) is 0 Å². The van der Waals surface area contributed by atoms with E-state index in [-0.39, 0.29) is 0 Å². The van der Waals surface area contributed by atoms with Crippen LogP contribution in [0.15, 0.2) is 47.6 Å². The zero-order valence-corrected chi connectivity index (χ0v) is 12.8. The van der Waals surface area contributed by atoms with Crippen LogP contribution in [0.4, 0.5) is 11.5 Å². The van der Waals surface area contributed by atoms with E-state index >= 15 is 0 Å². The number of hydrogen-bond donors (Lipinski definition) is 0. The van der Waals surface area contributed by atoms with Gasteiger partial charge in [0, 0.05) is 30.4 Å². The first-order valence-electron chi connectivity index (χ1n) is 7.23. The average Bonchev–Trinajstić information content (AvgIpc) is 2.51. The minimum atomic E-state index is 0.405. The SMILES string of the molecule is CCN(CC)c1ccc(C=Nc2cc(C)cc[n+]2[O-])cc1. The lowest BCUT2D eigenvalue weighted by Crippen LogP contribution is -2.25. The van der Waals surface area contributed by atoms with Crippen molar-refractivity contribution in [1.82, 2.24) is 0 Å². The van der Waals surface area contributed by atoms with Gasteiger partial charge in [0.1, 0.15) is 6.21 Å². The van der Waals surface area contributed by atoms with Crippen molar-refractivity contribution in [3.63, 3.8) is 0 Å². The van der Waals surface area contributed by atoms with Crippen LogP contribution in [0.1, 0.15) is 25.0 Å². The molecule has 2 rings (SSSR count). The molecule has 0 aliphatic heterocycles. The molecule has 0 unspecified atom stereocenters. The fourth-order valence-corrected chi connectivity index (χ4v) is 2.17. The molecule has 110 valence electrons. The van der Waals surface area contributed by atoms with Crippen molar-refractivity contribution < 1.29 is 4.73 Å². The first-order valence-corrected chi connectivity index (χ1v) is 7.23. The number of aryl methyl sites for hydroxylation is 1. The van der Waals surface area contributed by atoms with Gasteiger partial charge in [-0.15, -0.1) is 0 Å². The molecule has 0 radical (unpaired) electrons. The second-order valence-electron chi connectivity index (χ2n) is 4.91. The molecule has 0 bridgehead atoms. The maximum absolute atomic E-state index is 11.6. The van der Waals surface area contributed by atoms with Crippen molar-refractivity contribution in [2.75, 3.05) is 18.0 Å². The number of pyridine rings is 1. The smallest absolute Gasteiger partial charge is 0.326 e. The van der Waals surface area contributed by atoms with Gasteiger partial charge >= 0.3 is 5.82 Å². The van der Waals surface area contributed by atoms with Gasteiger partial charge in [-0.3, -0.25) is 0 Å². The van der Waals surface area contributed by atoms with Gasteiger partial charge in [-0.25, -0.2) is 4.73 Å². The number of rotatable bonds is 5. The third kappa shape index (κ3) is 3.81. The first-order chi connectivity index (χ1) is 10.1. The van der Waals surface area contributed by atoms with Crippen LogP contribution in [0.2, 0.25) is 0 Å². The fourth-order valence-electron chi connectivity index (χ4n) is 2.17. The van der Waals surface area contributed by atoms with Crippen molar-refractivity contribution >= 4 is 17.7 Å². The summed E-state index contributed by atoms with van der Waals surface area (Å²) in [5.74, 6) is 0.405. The van der Waals surface area contributed by atoms with E-state index in [2.05, 4.69) is 35.9 Å². The fraction of sp³-hybridized carbons (Fsp3) is 0.294. The molecule has 21 heavy (non-hydrogen) atoms. The van der Waals surface area contributed by atoms with Gasteiger partial charge in [0.25, 0.3) is 0 Å². The molecule has 0 aliphatic carbocycles. The van der Waals surface area contributed by atoms with Crippen LogP contribution < -0.4 is 9.63 Å². The monoisotopic (exact) mass is 283 g/mol. The van der Waals surface area contributed by atoms with Gasteiger partial charge in [0.2, 0.25) is 0 Å². The van der Waals surface area contributed by atoms with Crippen molar-refractivity contribution in [2.24, 2.45) is 4.99 Å². The summed E-state index contributed by atoms with van der Waals surface area (Å²) in [4.78, 5) is 6.55. The molecule has 0 amide bonds. The van der Waals surface area contributed by atoms with E-state index in [0.717, 1.165) is 28.9 Å². The number of hydrogen-bond acceptors (Lipinski definition) is 3. The summed E-state index contributed by atoms with van der Waals surface area (Å²) in [6.07, 6.45) is 3.20. The summed E-state index contributed by atoms with van der Waals surface area (Å²) in [5.41, 5.74) is 3.20. The summed E-state index contributed by atoms with van der Waals surface area (Å²) < 4.78 is 0.772. The maximum Gasteiger partial charge on any atom is 0.326 e. The summed E-state index contributed by atoms with van der Waals surface area (Å²) in [6.45, 7) is 8.21. The van der Waals surface area contributed by atoms with Gasteiger partial charge in [0.05, 0.1) is 6.20 Å². The predicted octanol–water partition coefficient (Wildman–Crippen LogP) is 3.23. The predicted molar refractivity (Wildman–Crippen MR) is 87.4 cm³/mol. The van der Waals surface area contributed by atoms with Crippen LogP contribution in [0.3, 0.4) is 0 Å². The molecular formula is C17H21N3O. The van der Waals surface area contributed by atoms with Gasteiger partial charge < -0.3 is 10.1 Å². The minimum absolute atomic E-state index is 0.405. The highest BCUT2D eigenvalue weighted by Gasteiger charge is 2.04. The second kappa shape index (κ2) is 6.88. The molecule has 0 fully saturated rings. The van der Waals surface area contributed by atoms with E-state index < -0.39 is 0 Å². The Morgan fingerprint density at radius 2 is 1.81 bits per heavy atom. The summed E-state index contributed by atoms with van der Waals surface area (Å²) >= 11 is 0. The van der Waals surface area contributed by atoms with E-state index in [1.807, 2.05) is 19.1 Å². The molecule has 0 spiro atoms. The molecule has 0 N–H and O–H groups in total. The van der Waals surface area contributed by atoms with E-state index in [1.54, 1.807) is 18.3 Å². The van der Waals surface area contributed by atoms with Crippen LogP contribution in [-0.2, 0) is 0 Å². The quantitative estimate of drug-likeness (QED) is 0.480. The lowest BCUT2D eigenvalue weighted by molar-refractivity contribution is -0.591. The summed E-state index contributed by atoms with van der Waals surface area (Å²) in [6, 6.07) is 11.7. The Labute approximate surface area is 126 Å². The topological polar surface area (TPSA) is 42.5 Å². The van der Waals surface area contributed by atoms with Gasteiger partial charge in [-0.2, -0.15) is 0 Å². The normalized spacial score (nSPS) is 11.0. The van der Waals surface area contributed by atoms with Gasteiger partial charge in [0.15, 0.2) is 0 Å². The van der Waals surface area contributed by atoms with E-state index in [1.165, 1.54) is 11.9 Å². The Kier molecular flexibility index (Phi) is 4.93. The summed E-state index contributed by atoms with van der Waals surface area (Å²) in [5, 5.41) is 11.6. The van der Waals surface area contributed by atoms with Crippen molar-refractivity contribution in [3.8, 4) is 0 Å². The second-order valence-corrected chi connectivity index (χ2v) is 4.91. The lowest BCUT2D eigenvalue weighted by atomic mass is 10.2. The third-order valence-corrected chi connectivity index (χ3v) is 3.42. The first kappa shape index (κ1) is 15.0. The molecule has 0 atom stereocenters. The van der Waals surface area contributed by atoms with Crippen molar-refractivity contribution in [2.45, 2.75) is 20.8 Å². The lowest BCUT2D eigenvalue weighted by Gasteiger charge is -2.20. The van der Waals surface area contributed by atoms with Crippen LogP contribution in [0.5, 0.6) is 0 Å². The molecular weight excluding hydrogens is 262 g/mol. The van der Waals surface area contributed by atoms with E-state index in [9.17, 15) is 5.21 Å². The van der Waals surface area contributed by atoms with Crippen LogP contribution in [0, 0.1) is 12.1 Å². The van der Waals surface area contributed by atoms with Gasteiger partial charge in [-0.05, 0) is 61.7 Å².